The van der Waals surface area contributed by atoms with Gasteiger partial charge in [0, 0.05) is 11.8 Å². The van der Waals surface area contributed by atoms with Crippen LogP contribution in [0.3, 0.4) is 0 Å². The maximum Gasteiger partial charge on any atom is 0.0708 e. The van der Waals surface area contributed by atoms with Crippen LogP contribution in [-0.2, 0) is 0 Å². The smallest absolute Gasteiger partial charge is 0.0708 e. The number of nitrogens with zero attached hydrogens (tertiary/aromatic N) is 1. The minimum absolute atomic E-state index is 1.03. The highest BCUT2D eigenvalue weighted by atomic mass is 14.7. The van der Waals surface area contributed by atoms with E-state index in [2.05, 4.69) is 81.2 Å². The van der Waals surface area contributed by atoms with E-state index in [1.807, 2.05) is 6.20 Å². The zero-order chi connectivity index (χ0) is 15.7. The first kappa shape index (κ1) is 14.5. The molecule has 1 aromatic heterocycles. The van der Waals surface area contributed by atoms with Crippen molar-refractivity contribution in [2.45, 2.75) is 27.7 Å². The summed E-state index contributed by atoms with van der Waals surface area (Å²) >= 11 is 0. The highest BCUT2D eigenvalue weighted by Crippen LogP contribution is 2.27. The van der Waals surface area contributed by atoms with E-state index in [-0.39, 0.29) is 0 Å². The van der Waals surface area contributed by atoms with Crippen LogP contribution in [-0.4, -0.2) is 4.98 Å². The van der Waals surface area contributed by atoms with Gasteiger partial charge in [-0.05, 0) is 79.3 Å². The maximum absolute atomic E-state index is 4.55. The second kappa shape index (κ2) is 5.76. The van der Waals surface area contributed by atoms with Gasteiger partial charge in [0.1, 0.15) is 0 Å². The highest BCUT2D eigenvalue weighted by Gasteiger charge is 2.05. The first-order valence-corrected chi connectivity index (χ1v) is 7.66. The molecular weight excluding hydrogens is 266 g/mol. The van der Waals surface area contributed by atoms with Crippen LogP contribution in [0, 0.1) is 27.7 Å². The van der Waals surface area contributed by atoms with E-state index in [1.165, 1.54) is 38.9 Å². The molecule has 110 valence electrons. The molecule has 0 spiro atoms. The van der Waals surface area contributed by atoms with Gasteiger partial charge < -0.3 is 0 Å². The average molecular weight is 287 g/mol. The highest BCUT2D eigenvalue weighted by molar-refractivity contribution is 5.71. The quantitative estimate of drug-likeness (QED) is 0.593. The second-order valence-electron chi connectivity index (χ2n) is 6.03. The summed E-state index contributed by atoms with van der Waals surface area (Å²) in [5.74, 6) is 0. The van der Waals surface area contributed by atoms with Crippen molar-refractivity contribution in [1.29, 1.82) is 0 Å². The van der Waals surface area contributed by atoms with E-state index < -0.39 is 0 Å². The summed E-state index contributed by atoms with van der Waals surface area (Å²) in [5, 5.41) is 0. The number of hydrogen-bond donors (Lipinski definition) is 0. The average Bonchev–Trinajstić information content (AvgIpc) is 2.53. The van der Waals surface area contributed by atoms with Crippen LogP contribution >= 0.6 is 0 Å². The van der Waals surface area contributed by atoms with Crippen molar-refractivity contribution >= 4 is 0 Å². The SMILES string of the molecule is Cc1ccc(-c2ccnc(-c3ccc(C)c(C)c3)c2)cc1C. The summed E-state index contributed by atoms with van der Waals surface area (Å²) in [4.78, 5) is 4.55. The molecule has 2 aromatic carbocycles. The summed E-state index contributed by atoms with van der Waals surface area (Å²) in [5.41, 5.74) is 9.92. The van der Waals surface area contributed by atoms with Gasteiger partial charge in [-0.15, -0.1) is 0 Å². The van der Waals surface area contributed by atoms with Gasteiger partial charge in [0.25, 0.3) is 0 Å². The van der Waals surface area contributed by atoms with Gasteiger partial charge in [0.15, 0.2) is 0 Å². The summed E-state index contributed by atoms with van der Waals surface area (Å²) < 4.78 is 0. The summed E-state index contributed by atoms with van der Waals surface area (Å²) in [6.07, 6.45) is 1.90. The lowest BCUT2D eigenvalue weighted by Gasteiger charge is -2.09. The predicted molar refractivity (Wildman–Crippen MR) is 94.1 cm³/mol. The van der Waals surface area contributed by atoms with E-state index in [0.717, 1.165) is 5.69 Å². The normalized spacial score (nSPS) is 10.7. The molecule has 22 heavy (non-hydrogen) atoms. The number of aromatic nitrogens is 1. The Bertz CT molecular complexity index is 764. The molecule has 0 aliphatic rings. The fourth-order valence-corrected chi connectivity index (χ4v) is 2.59. The zero-order valence-electron chi connectivity index (χ0n) is 13.6. The van der Waals surface area contributed by atoms with Crippen molar-refractivity contribution in [3.05, 3.63) is 77.0 Å². The minimum Gasteiger partial charge on any atom is -0.256 e. The number of benzene rings is 2. The predicted octanol–water partition coefficient (Wildman–Crippen LogP) is 5.65. The van der Waals surface area contributed by atoms with Crippen molar-refractivity contribution in [3.8, 4) is 22.4 Å². The van der Waals surface area contributed by atoms with Crippen molar-refractivity contribution in [1.82, 2.24) is 4.98 Å². The maximum atomic E-state index is 4.55. The number of hydrogen-bond acceptors (Lipinski definition) is 1. The summed E-state index contributed by atoms with van der Waals surface area (Å²) in [7, 11) is 0. The molecule has 0 atom stereocenters. The van der Waals surface area contributed by atoms with Crippen molar-refractivity contribution in [2.24, 2.45) is 0 Å². The first-order chi connectivity index (χ1) is 10.5. The molecule has 0 bridgehead atoms. The minimum atomic E-state index is 1.03. The topological polar surface area (TPSA) is 12.9 Å². The Morgan fingerprint density at radius 1 is 0.545 bits per heavy atom. The Labute approximate surface area is 132 Å². The van der Waals surface area contributed by atoms with Crippen LogP contribution in [0.5, 0.6) is 0 Å². The van der Waals surface area contributed by atoms with Crippen molar-refractivity contribution in [2.75, 3.05) is 0 Å². The van der Waals surface area contributed by atoms with Gasteiger partial charge in [-0.25, -0.2) is 0 Å². The number of aryl methyl sites for hydroxylation is 4. The lowest BCUT2D eigenvalue weighted by molar-refractivity contribution is 1.29. The fraction of sp³-hybridized carbons (Fsp3) is 0.190. The molecule has 3 rings (SSSR count). The van der Waals surface area contributed by atoms with Gasteiger partial charge in [-0.2, -0.15) is 0 Å². The molecule has 1 nitrogen and oxygen atoms in total. The van der Waals surface area contributed by atoms with Crippen LogP contribution in [0.2, 0.25) is 0 Å². The molecule has 0 saturated carbocycles. The van der Waals surface area contributed by atoms with Gasteiger partial charge in [0.2, 0.25) is 0 Å². The van der Waals surface area contributed by atoms with E-state index in [9.17, 15) is 0 Å². The van der Waals surface area contributed by atoms with E-state index >= 15 is 0 Å². The van der Waals surface area contributed by atoms with Crippen molar-refractivity contribution in [3.63, 3.8) is 0 Å². The molecule has 0 radical (unpaired) electrons. The van der Waals surface area contributed by atoms with Gasteiger partial charge in [0.05, 0.1) is 5.69 Å². The third-order valence-electron chi connectivity index (χ3n) is 4.40. The Balaban J connectivity index is 2.05. The molecule has 0 N–H and O–H groups in total. The largest absolute Gasteiger partial charge is 0.256 e. The standard InChI is InChI=1S/C21H21N/c1-14-5-7-18(11-16(14)3)19-9-10-22-21(13-19)20-8-6-15(2)17(4)12-20/h5-13H,1-4H3. The monoisotopic (exact) mass is 287 g/mol. The van der Waals surface area contributed by atoms with Crippen LogP contribution in [0.15, 0.2) is 54.7 Å². The molecule has 0 amide bonds. The first-order valence-electron chi connectivity index (χ1n) is 7.66. The Morgan fingerprint density at radius 2 is 1.09 bits per heavy atom. The lowest BCUT2D eigenvalue weighted by atomic mass is 9.98. The Hall–Kier alpha value is -2.41. The van der Waals surface area contributed by atoms with Gasteiger partial charge in [-0.3, -0.25) is 4.98 Å². The molecule has 0 saturated heterocycles. The Morgan fingerprint density at radius 3 is 1.73 bits per heavy atom. The second-order valence-corrected chi connectivity index (χ2v) is 6.03. The fourth-order valence-electron chi connectivity index (χ4n) is 2.59. The van der Waals surface area contributed by atoms with E-state index in [0.29, 0.717) is 0 Å². The third kappa shape index (κ3) is 2.80. The molecular formula is C21H21N. The number of pyridine rings is 1. The Kier molecular flexibility index (Phi) is 3.81. The van der Waals surface area contributed by atoms with Gasteiger partial charge in [-0.1, -0.05) is 30.3 Å². The molecule has 0 fully saturated rings. The summed E-state index contributed by atoms with van der Waals surface area (Å²) in [6, 6.07) is 17.4. The van der Waals surface area contributed by atoms with Gasteiger partial charge >= 0.3 is 0 Å². The zero-order valence-corrected chi connectivity index (χ0v) is 13.6. The van der Waals surface area contributed by atoms with Crippen LogP contribution in [0.1, 0.15) is 22.3 Å². The molecule has 0 aliphatic heterocycles. The van der Waals surface area contributed by atoms with Crippen LogP contribution in [0.4, 0.5) is 0 Å². The molecule has 0 unspecified atom stereocenters. The third-order valence-corrected chi connectivity index (χ3v) is 4.40. The lowest BCUT2D eigenvalue weighted by Crippen LogP contribution is -1.89. The molecule has 0 aliphatic carbocycles. The number of rotatable bonds is 2. The molecule has 1 heteroatoms. The van der Waals surface area contributed by atoms with E-state index in [1.54, 1.807) is 0 Å². The van der Waals surface area contributed by atoms with Crippen molar-refractivity contribution < 1.29 is 0 Å². The van der Waals surface area contributed by atoms with E-state index in [4.69, 9.17) is 0 Å². The molecule has 3 aromatic rings. The molecule has 1 heterocycles. The summed E-state index contributed by atoms with van der Waals surface area (Å²) in [6.45, 7) is 8.58. The van der Waals surface area contributed by atoms with Crippen LogP contribution in [0.25, 0.3) is 22.4 Å². The van der Waals surface area contributed by atoms with Crippen LogP contribution < -0.4 is 0 Å².